The number of aromatic carboxylic acids is 1. The van der Waals surface area contributed by atoms with Gasteiger partial charge in [0.05, 0.1) is 11.6 Å². The minimum atomic E-state index is -0.921. The molecule has 0 saturated heterocycles. The Bertz CT molecular complexity index is 815. The molecule has 116 valence electrons. The second kappa shape index (κ2) is 5.23. The van der Waals surface area contributed by atoms with Crippen LogP contribution >= 0.6 is 0 Å². The SMILES string of the molecule is O=C(O)c1ccccc1[C@@H]1Nc2ccc(F)cc2[C@H]2C=CC[C@@H]21. The fourth-order valence-corrected chi connectivity index (χ4v) is 3.84. The highest BCUT2D eigenvalue weighted by Gasteiger charge is 2.39. The van der Waals surface area contributed by atoms with E-state index in [1.165, 1.54) is 6.07 Å². The van der Waals surface area contributed by atoms with Gasteiger partial charge >= 0.3 is 5.97 Å². The highest BCUT2D eigenvalue weighted by atomic mass is 19.1. The third kappa shape index (κ3) is 2.22. The van der Waals surface area contributed by atoms with Gasteiger partial charge in [-0.25, -0.2) is 9.18 Å². The standard InChI is InChI=1S/C19H16FNO2/c20-11-8-9-17-16(10-11)12-6-3-7-13(12)18(21-17)14-4-1-2-5-15(14)19(22)23/h1-6,8-10,12-13,18,21H,7H2,(H,22,23)/t12-,13-,18+/m0/s1. The van der Waals surface area contributed by atoms with Gasteiger partial charge in [0.25, 0.3) is 0 Å². The Morgan fingerprint density at radius 1 is 1.17 bits per heavy atom. The Morgan fingerprint density at radius 3 is 2.83 bits per heavy atom. The lowest BCUT2D eigenvalue weighted by atomic mass is 9.76. The number of nitrogens with one attached hydrogen (secondary N) is 1. The number of benzene rings is 2. The van der Waals surface area contributed by atoms with Gasteiger partial charge < -0.3 is 10.4 Å². The summed E-state index contributed by atoms with van der Waals surface area (Å²) in [6, 6.07) is 11.8. The van der Waals surface area contributed by atoms with Crippen LogP contribution in [0, 0.1) is 11.7 Å². The second-order valence-electron chi connectivity index (χ2n) is 6.10. The van der Waals surface area contributed by atoms with Crippen LogP contribution < -0.4 is 5.32 Å². The van der Waals surface area contributed by atoms with Gasteiger partial charge in [0.15, 0.2) is 0 Å². The molecule has 0 fully saturated rings. The number of carboxylic acids is 1. The third-order valence-electron chi connectivity index (χ3n) is 4.85. The summed E-state index contributed by atoms with van der Waals surface area (Å²) in [5, 5.41) is 12.9. The maximum atomic E-state index is 13.6. The van der Waals surface area contributed by atoms with E-state index in [0.29, 0.717) is 5.56 Å². The summed E-state index contributed by atoms with van der Waals surface area (Å²) in [6.07, 6.45) is 5.07. The van der Waals surface area contributed by atoms with E-state index in [0.717, 1.165) is 23.2 Å². The fraction of sp³-hybridized carbons (Fsp3) is 0.211. The number of hydrogen-bond acceptors (Lipinski definition) is 2. The summed E-state index contributed by atoms with van der Waals surface area (Å²) in [7, 11) is 0. The highest BCUT2D eigenvalue weighted by Crippen LogP contribution is 2.50. The molecule has 0 aromatic heterocycles. The van der Waals surface area contributed by atoms with Gasteiger partial charge in [0.1, 0.15) is 5.82 Å². The first kappa shape index (κ1) is 14.0. The molecule has 2 N–H and O–H groups in total. The predicted molar refractivity (Wildman–Crippen MR) is 86.2 cm³/mol. The van der Waals surface area contributed by atoms with Gasteiger partial charge in [-0.3, -0.25) is 0 Å². The molecule has 3 nitrogen and oxygen atoms in total. The second-order valence-corrected chi connectivity index (χ2v) is 6.10. The average molecular weight is 309 g/mol. The van der Waals surface area contributed by atoms with Gasteiger partial charge in [-0.2, -0.15) is 0 Å². The molecular weight excluding hydrogens is 293 g/mol. The molecule has 23 heavy (non-hydrogen) atoms. The number of halogens is 1. The van der Waals surface area contributed by atoms with Gasteiger partial charge in [-0.1, -0.05) is 30.4 Å². The number of carbonyl (C=O) groups is 1. The predicted octanol–water partition coefficient (Wildman–Crippen LogP) is 4.35. The molecule has 3 atom stereocenters. The summed E-state index contributed by atoms with van der Waals surface area (Å²) >= 11 is 0. The van der Waals surface area contributed by atoms with Gasteiger partial charge in [-0.05, 0) is 47.7 Å². The molecule has 4 heteroatoms. The molecule has 1 heterocycles. The van der Waals surface area contributed by atoms with E-state index >= 15 is 0 Å². The lowest BCUT2D eigenvalue weighted by Gasteiger charge is -2.38. The van der Waals surface area contributed by atoms with Crippen LogP contribution in [0.5, 0.6) is 0 Å². The zero-order valence-corrected chi connectivity index (χ0v) is 12.4. The molecule has 1 aliphatic carbocycles. The molecule has 0 saturated carbocycles. The highest BCUT2D eigenvalue weighted by molar-refractivity contribution is 5.89. The maximum absolute atomic E-state index is 13.6. The van der Waals surface area contributed by atoms with Gasteiger partial charge in [-0.15, -0.1) is 0 Å². The van der Waals surface area contributed by atoms with Crippen molar-refractivity contribution in [1.82, 2.24) is 0 Å². The Labute approximate surface area is 133 Å². The quantitative estimate of drug-likeness (QED) is 0.811. The minimum absolute atomic E-state index is 0.0970. The van der Waals surface area contributed by atoms with Crippen LogP contribution in [0.2, 0.25) is 0 Å². The summed E-state index contributed by atoms with van der Waals surface area (Å²) < 4.78 is 13.6. The minimum Gasteiger partial charge on any atom is -0.478 e. The van der Waals surface area contributed by atoms with Crippen molar-refractivity contribution in [3.05, 3.63) is 77.1 Å². The Morgan fingerprint density at radius 2 is 2.00 bits per heavy atom. The monoisotopic (exact) mass is 309 g/mol. The normalized spacial score (nSPS) is 24.7. The van der Waals surface area contributed by atoms with E-state index in [4.69, 9.17) is 0 Å². The molecule has 0 spiro atoms. The van der Waals surface area contributed by atoms with Crippen LogP contribution in [0.4, 0.5) is 10.1 Å². The molecule has 0 unspecified atom stereocenters. The molecule has 2 aromatic rings. The number of fused-ring (bicyclic) bond motifs is 3. The van der Waals surface area contributed by atoms with Crippen LogP contribution in [-0.2, 0) is 0 Å². The smallest absolute Gasteiger partial charge is 0.336 e. The van der Waals surface area contributed by atoms with E-state index < -0.39 is 5.97 Å². The van der Waals surface area contributed by atoms with Crippen LogP contribution in [0.25, 0.3) is 0 Å². The summed E-state index contributed by atoms with van der Waals surface area (Å²) in [6.45, 7) is 0. The zero-order chi connectivity index (χ0) is 16.0. The molecule has 2 aliphatic rings. The lowest BCUT2D eigenvalue weighted by molar-refractivity contribution is 0.0694. The largest absolute Gasteiger partial charge is 0.478 e. The molecule has 2 aromatic carbocycles. The number of anilines is 1. The molecule has 0 amide bonds. The fourth-order valence-electron chi connectivity index (χ4n) is 3.84. The summed E-state index contributed by atoms with van der Waals surface area (Å²) in [4.78, 5) is 11.6. The first-order chi connectivity index (χ1) is 11.1. The van der Waals surface area contributed by atoms with Crippen molar-refractivity contribution < 1.29 is 14.3 Å². The Hall–Kier alpha value is -2.62. The van der Waals surface area contributed by atoms with Crippen molar-refractivity contribution in [2.75, 3.05) is 5.32 Å². The Kier molecular flexibility index (Phi) is 3.18. The van der Waals surface area contributed by atoms with E-state index in [-0.39, 0.29) is 23.7 Å². The van der Waals surface area contributed by atoms with Crippen LogP contribution in [0.3, 0.4) is 0 Å². The zero-order valence-electron chi connectivity index (χ0n) is 12.4. The van der Waals surface area contributed by atoms with Gasteiger partial charge in [0.2, 0.25) is 0 Å². The number of allylic oxidation sites excluding steroid dienone is 2. The molecule has 0 radical (unpaired) electrons. The number of carboxylic acid groups (broad SMARTS) is 1. The molecule has 1 aliphatic heterocycles. The topological polar surface area (TPSA) is 49.3 Å². The van der Waals surface area contributed by atoms with Crippen LogP contribution in [0.1, 0.15) is 39.9 Å². The summed E-state index contributed by atoms with van der Waals surface area (Å²) in [5.74, 6) is -0.845. The third-order valence-corrected chi connectivity index (χ3v) is 4.85. The Balaban J connectivity index is 1.83. The van der Waals surface area contributed by atoms with Crippen molar-refractivity contribution in [1.29, 1.82) is 0 Å². The van der Waals surface area contributed by atoms with Crippen LogP contribution in [0.15, 0.2) is 54.6 Å². The number of rotatable bonds is 2. The van der Waals surface area contributed by atoms with E-state index in [1.54, 1.807) is 24.3 Å². The molecule has 4 rings (SSSR count). The van der Waals surface area contributed by atoms with Crippen molar-refractivity contribution in [2.24, 2.45) is 5.92 Å². The average Bonchev–Trinajstić information content (AvgIpc) is 3.04. The first-order valence-corrected chi connectivity index (χ1v) is 7.70. The van der Waals surface area contributed by atoms with Crippen molar-refractivity contribution in [3.8, 4) is 0 Å². The maximum Gasteiger partial charge on any atom is 0.336 e. The van der Waals surface area contributed by atoms with E-state index in [1.807, 2.05) is 12.1 Å². The first-order valence-electron chi connectivity index (χ1n) is 7.70. The van der Waals surface area contributed by atoms with E-state index in [2.05, 4.69) is 17.5 Å². The molecular formula is C19H16FNO2. The van der Waals surface area contributed by atoms with Crippen molar-refractivity contribution in [3.63, 3.8) is 0 Å². The van der Waals surface area contributed by atoms with Gasteiger partial charge in [0, 0.05) is 11.6 Å². The van der Waals surface area contributed by atoms with Crippen LogP contribution in [-0.4, -0.2) is 11.1 Å². The molecule has 0 bridgehead atoms. The lowest BCUT2D eigenvalue weighted by Crippen LogP contribution is -2.30. The van der Waals surface area contributed by atoms with E-state index in [9.17, 15) is 14.3 Å². The number of hydrogen-bond donors (Lipinski definition) is 2. The van der Waals surface area contributed by atoms with Crippen molar-refractivity contribution in [2.45, 2.75) is 18.4 Å². The van der Waals surface area contributed by atoms with Crippen molar-refractivity contribution >= 4 is 11.7 Å². The summed E-state index contributed by atoms with van der Waals surface area (Å²) in [5.41, 5.74) is 2.94.